The quantitative estimate of drug-likeness (QED) is 0.805. The molecular formula is C8H5BrN2O2S. The van der Waals surface area contributed by atoms with E-state index in [2.05, 4.69) is 24.7 Å². The van der Waals surface area contributed by atoms with E-state index in [0.29, 0.717) is 16.1 Å². The van der Waals surface area contributed by atoms with Crippen molar-refractivity contribution in [2.45, 2.75) is 6.42 Å². The fourth-order valence-electron chi connectivity index (χ4n) is 0.983. The minimum Gasteiger partial charge on any atom is -0.454 e. The first-order chi connectivity index (χ1) is 6.75. The molecule has 0 amide bonds. The molecule has 0 fully saturated rings. The molecule has 2 rings (SSSR count). The van der Waals surface area contributed by atoms with E-state index in [-0.39, 0.29) is 12.2 Å². The number of hydrogen-bond donors (Lipinski definition) is 0. The van der Waals surface area contributed by atoms with Gasteiger partial charge in [-0.15, -0.1) is 0 Å². The number of carbonyl (C=O) groups excluding carboxylic acids is 1. The predicted octanol–water partition coefficient (Wildman–Crippen LogP) is 2.32. The van der Waals surface area contributed by atoms with Gasteiger partial charge >= 0.3 is 0 Å². The Morgan fingerprint density at radius 2 is 2.43 bits per heavy atom. The third-order valence-electron chi connectivity index (χ3n) is 1.61. The van der Waals surface area contributed by atoms with Gasteiger partial charge < -0.3 is 4.42 Å². The average Bonchev–Trinajstić information content (AvgIpc) is 2.75. The molecule has 0 aliphatic rings. The van der Waals surface area contributed by atoms with Crippen molar-refractivity contribution in [2.24, 2.45) is 0 Å². The summed E-state index contributed by atoms with van der Waals surface area (Å²) < 4.78 is 13.4. The van der Waals surface area contributed by atoms with Crippen molar-refractivity contribution in [1.29, 1.82) is 0 Å². The smallest absolute Gasteiger partial charge is 0.191 e. The lowest BCUT2D eigenvalue weighted by molar-refractivity contribution is 0.0983. The summed E-state index contributed by atoms with van der Waals surface area (Å²) in [5, 5.41) is 0. The van der Waals surface area contributed by atoms with Crippen LogP contribution < -0.4 is 0 Å². The second-order valence-corrected chi connectivity index (χ2v) is 3.94. The van der Waals surface area contributed by atoms with Crippen molar-refractivity contribution in [3.8, 4) is 0 Å². The number of nitrogens with zero attached hydrogens (tertiary/aromatic N) is 2. The molecule has 0 radical (unpaired) electrons. The molecule has 72 valence electrons. The number of Topliss-reactive ketones (excluding diaryl/α,β-unsaturated/α-hetero) is 1. The second kappa shape index (κ2) is 4.02. The Labute approximate surface area is 92.4 Å². The topological polar surface area (TPSA) is 56.0 Å². The molecule has 0 saturated heterocycles. The van der Waals surface area contributed by atoms with Gasteiger partial charge in [-0.05, 0) is 28.1 Å². The molecule has 0 aliphatic heterocycles. The zero-order valence-electron chi connectivity index (χ0n) is 6.94. The van der Waals surface area contributed by atoms with Gasteiger partial charge in [0.15, 0.2) is 10.5 Å². The molecule has 2 heterocycles. The summed E-state index contributed by atoms with van der Waals surface area (Å²) >= 11 is 4.19. The Hall–Kier alpha value is -1.01. The van der Waals surface area contributed by atoms with E-state index >= 15 is 0 Å². The summed E-state index contributed by atoms with van der Waals surface area (Å²) in [5.41, 5.74) is 0.391. The van der Waals surface area contributed by atoms with E-state index in [9.17, 15) is 4.79 Å². The van der Waals surface area contributed by atoms with Crippen LogP contribution in [0.4, 0.5) is 0 Å². The highest BCUT2D eigenvalue weighted by atomic mass is 79.9. The average molecular weight is 273 g/mol. The zero-order valence-corrected chi connectivity index (χ0v) is 9.34. The molecule has 0 saturated carbocycles. The Bertz CT molecular complexity index is 438. The Balaban J connectivity index is 2.09. The maximum absolute atomic E-state index is 11.5. The number of furan rings is 1. The molecule has 0 N–H and O–H groups in total. The van der Waals surface area contributed by atoms with Crippen molar-refractivity contribution in [2.75, 3.05) is 0 Å². The minimum absolute atomic E-state index is 0.0828. The number of hydrogen-bond acceptors (Lipinski definition) is 5. The van der Waals surface area contributed by atoms with E-state index in [4.69, 9.17) is 4.42 Å². The molecule has 0 atom stereocenters. The third kappa shape index (κ3) is 2.08. The molecule has 4 nitrogen and oxygen atoms in total. The first kappa shape index (κ1) is 9.54. The van der Waals surface area contributed by atoms with Crippen molar-refractivity contribution >= 4 is 33.4 Å². The van der Waals surface area contributed by atoms with Gasteiger partial charge in [0.05, 0.1) is 24.3 Å². The molecular weight excluding hydrogens is 268 g/mol. The van der Waals surface area contributed by atoms with Crippen molar-refractivity contribution in [3.05, 3.63) is 34.5 Å². The third-order valence-corrected chi connectivity index (χ3v) is 2.51. The van der Waals surface area contributed by atoms with Crippen LogP contribution in [0.2, 0.25) is 0 Å². The lowest BCUT2D eigenvalue weighted by atomic mass is 10.2. The van der Waals surface area contributed by atoms with Gasteiger partial charge in [-0.25, -0.2) is 0 Å². The SMILES string of the molecule is O=C(Cc1ccc(Br)o1)c1cnsn1. The molecule has 0 spiro atoms. The summed E-state index contributed by atoms with van der Waals surface area (Å²) in [6.07, 6.45) is 1.68. The van der Waals surface area contributed by atoms with Crippen molar-refractivity contribution in [3.63, 3.8) is 0 Å². The Kier molecular flexibility index (Phi) is 2.74. The van der Waals surface area contributed by atoms with Crippen LogP contribution in [0.3, 0.4) is 0 Å². The highest BCUT2D eigenvalue weighted by Crippen LogP contribution is 2.15. The van der Waals surface area contributed by atoms with Crippen LogP contribution in [-0.4, -0.2) is 14.5 Å². The van der Waals surface area contributed by atoms with Gasteiger partial charge in [-0.1, -0.05) is 0 Å². The van der Waals surface area contributed by atoms with Crippen LogP contribution in [-0.2, 0) is 6.42 Å². The van der Waals surface area contributed by atoms with Gasteiger partial charge in [0, 0.05) is 0 Å². The summed E-state index contributed by atoms with van der Waals surface area (Å²) in [6, 6.07) is 3.50. The summed E-state index contributed by atoms with van der Waals surface area (Å²) in [6.45, 7) is 0. The first-order valence-electron chi connectivity index (χ1n) is 3.80. The lowest BCUT2D eigenvalue weighted by Gasteiger charge is -1.91. The van der Waals surface area contributed by atoms with Gasteiger partial charge in [0.2, 0.25) is 0 Å². The number of ketones is 1. The van der Waals surface area contributed by atoms with Crippen LogP contribution in [0.15, 0.2) is 27.4 Å². The first-order valence-corrected chi connectivity index (χ1v) is 5.33. The van der Waals surface area contributed by atoms with Crippen LogP contribution in [0.5, 0.6) is 0 Å². The Morgan fingerprint density at radius 1 is 1.57 bits per heavy atom. The van der Waals surface area contributed by atoms with Crippen LogP contribution >= 0.6 is 27.7 Å². The van der Waals surface area contributed by atoms with Crippen LogP contribution in [0.1, 0.15) is 16.2 Å². The van der Waals surface area contributed by atoms with Gasteiger partial charge in [-0.3, -0.25) is 4.79 Å². The standard InChI is InChI=1S/C8H5BrN2O2S/c9-8-2-1-5(13-8)3-7(12)6-4-10-14-11-6/h1-2,4H,3H2. The van der Waals surface area contributed by atoms with E-state index in [0.717, 1.165) is 11.7 Å². The number of carbonyl (C=O) groups is 1. The molecule has 2 aromatic heterocycles. The molecule has 14 heavy (non-hydrogen) atoms. The number of halogens is 1. The number of rotatable bonds is 3. The largest absolute Gasteiger partial charge is 0.454 e. The Morgan fingerprint density at radius 3 is 3.00 bits per heavy atom. The maximum Gasteiger partial charge on any atom is 0.191 e. The van der Waals surface area contributed by atoms with Crippen molar-refractivity contribution < 1.29 is 9.21 Å². The lowest BCUT2D eigenvalue weighted by Crippen LogP contribution is -2.02. The second-order valence-electron chi connectivity index (χ2n) is 2.60. The summed E-state index contributed by atoms with van der Waals surface area (Å²) in [5.74, 6) is 0.537. The molecule has 0 bridgehead atoms. The van der Waals surface area contributed by atoms with Gasteiger partial charge in [0.25, 0.3) is 0 Å². The minimum atomic E-state index is -0.0828. The molecule has 2 aromatic rings. The number of aromatic nitrogens is 2. The predicted molar refractivity (Wildman–Crippen MR) is 54.4 cm³/mol. The van der Waals surface area contributed by atoms with Gasteiger partial charge in [0.1, 0.15) is 11.5 Å². The van der Waals surface area contributed by atoms with Crippen LogP contribution in [0.25, 0.3) is 0 Å². The van der Waals surface area contributed by atoms with Crippen LogP contribution in [0, 0.1) is 0 Å². The fourth-order valence-corrected chi connectivity index (χ4v) is 1.75. The molecule has 0 aliphatic carbocycles. The normalized spacial score (nSPS) is 10.4. The van der Waals surface area contributed by atoms with E-state index < -0.39 is 0 Å². The van der Waals surface area contributed by atoms with E-state index in [1.807, 2.05) is 0 Å². The zero-order chi connectivity index (χ0) is 9.97. The highest BCUT2D eigenvalue weighted by molar-refractivity contribution is 9.10. The maximum atomic E-state index is 11.5. The summed E-state index contributed by atoms with van der Waals surface area (Å²) in [7, 11) is 0. The fraction of sp³-hybridized carbons (Fsp3) is 0.125. The van der Waals surface area contributed by atoms with E-state index in [1.54, 1.807) is 12.1 Å². The summed E-state index contributed by atoms with van der Waals surface area (Å²) in [4.78, 5) is 11.5. The molecule has 0 unspecified atom stereocenters. The highest BCUT2D eigenvalue weighted by Gasteiger charge is 2.11. The van der Waals surface area contributed by atoms with E-state index in [1.165, 1.54) is 6.20 Å². The molecule has 0 aromatic carbocycles. The monoisotopic (exact) mass is 272 g/mol. The van der Waals surface area contributed by atoms with Crippen molar-refractivity contribution in [1.82, 2.24) is 8.75 Å². The molecule has 6 heteroatoms. The van der Waals surface area contributed by atoms with Gasteiger partial charge in [-0.2, -0.15) is 8.75 Å².